The number of benzene rings is 1. The number of hydrogen-bond acceptors (Lipinski definition) is 3. The lowest BCUT2D eigenvalue weighted by Gasteiger charge is -2.53. The first-order chi connectivity index (χ1) is 10.3. The van der Waals surface area contributed by atoms with Crippen LogP contribution in [0.15, 0.2) is 18.2 Å². The summed E-state index contributed by atoms with van der Waals surface area (Å²) in [4.78, 5) is 0. The van der Waals surface area contributed by atoms with E-state index in [4.69, 9.17) is 9.47 Å². The summed E-state index contributed by atoms with van der Waals surface area (Å²) in [5, 5.41) is 10.4. The highest BCUT2D eigenvalue weighted by Gasteiger charge is 2.50. The van der Waals surface area contributed by atoms with Gasteiger partial charge in [-0.15, -0.1) is 0 Å². The number of fused-ring (bicyclic) bond motifs is 2. The van der Waals surface area contributed by atoms with E-state index in [1.165, 1.54) is 13.2 Å². The Bertz CT molecular complexity index is 557. The molecule has 2 aliphatic rings. The summed E-state index contributed by atoms with van der Waals surface area (Å²) in [7, 11) is 1.47. The van der Waals surface area contributed by atoms with Crippen LogP contribution in [0, 0.1) is 23.6 Å². The van der Waals surface area contributed by atoms with Crippen molar-refractivity contribution in [1.29, 1.82) is 0 Å². The minimum Gasteiger partial charge on any atom is -0.494 e. The van der Waals surface area contributed by atoms with Gasteiger partial charge >= 0.3 is 0 Å². The predicted octanol–water partition coefficient (Wildman–Crippen LogP) is 3.71. The van der Waals surface area contributed by atoms with Gasteiger partial charge in [-0.3, -0.25) is 0 Å². The second-order valence-corrected chi connectivity index (χ2v) is 7.29. The topological polar surface area (TPSA) is 38.7 Å². The molecule has 1 aliphatic carbocycles. The summed E-state index contributed by atoms with van der Waals surface area (Å²) in [6.45, 7) is 6.26. The molecule has 1 N–H and O–H groups in total. The van der Waals surface area contributed by atoms with Gasteiger partial charge in [-0.1, -0.05) is 13.0 Å². The molecule has 3 nitrogen and oxygen atoms in total. The van der Waals surface area contributed by atoms with Crippen LogP contribution >= 0.6 is 0 Å². The molecule has 0 aromatic heterocycles. The SMILES string of the molecule is COc1cc([C@@H]2OC(C)(C)[C@H]3C[C@H]2[C@H](C)[C@@H](O)C3)ccc1F. The number of rotatable bonds is 2. The molecule has 1 aliphatic heterocycles. The van der Waals surface area contributed by atoms with Gasteiger partial charge in [0.1, 0.15) is 0 Å². The quantitative estimate of drug-likeness (QED) is 0.905. The zero-order valence-electron chi connectivity index (χ0n) is 13.7. The zero-order valence-corrected chi connectivity index (χ0v) is 13.7. The molecule has 1 heterocycles. The number of aliphatic hydroxyl groups excluding tert-OH is 1. The van der Waals surface area contributed by atoms with Gasteiger partial charge in [0.15, 0.2) is 11.6 Å². The third-order valence-corrected chi connectivity index (χ3v) is 5.67. The van der Waals surface area contributed by atoms with E-state index in [1.54, 1.807) is 12.1 Å². The monoisotopic (exact) mass is 308 g/mol. The summed E-state index contributed by atoms with van der Waals surface area (Å²) in [6, 6.07) is 4.93. The second kappa shape index (κ2) is 5.50. The van der Waals surface area contributed by atoms with Crippen molar-refractivity contribution in [2.24, 2.45) is 17.8 Å². The Morgan fingerprint density at radius 2 is 2.05 bits per heavy atom. The first-order valence-corrected chi connectivity index (χ1v) is 8.03. The Morgan fingerprint density at radius 1 is 1.32 bits per heavy atom. The maximum atomic E-state index is 13.7. The molecule has 2 fully saturated rings. The first kappa shape index (κ1) is 15.8. The Balaban J connectivity index is 1.98. The molecule has 0 spiro atoms. The van der Waals surface area contributed by atoms with E-state index in [9.17, 15) is 9.50 Å². The molecule has 1 aromatic carbocycles. The lowest BCUT2D eigenvalue weighted by atomic mass is 9.63. The Morgan fingerprint density at radius 3 is 2.73 bits per heavy atom. The van der Waals surface area contributed by atoms with Crippen LogP contribution in [0.5, 0.6) is 5.75 Å². The summed E-state index contributed by atoms with van der Waals surface area (Å²) in [6.07, 6.45) is 1.40. The Kier molecular flexibility index (Phi) is 3.94. The van der Waals surface area contributed by atoms with Crippen LogP contribution in [0.4, 0.5) is 4.39 Å². The molecule has 1 saturated heterocycles. The minimum absolute atomic E-state index is 0.134. The fourth-order valence-electron chi connectivity index (χ4n) is 4.08. The van der Waals surface area contributed by atoms with E-state index >= 15 is 0 Å². The highest BCUT2D eigenvalue weighted by Crippen LogP contribution is 2.53. The van der Waals surface area contributed by atoms with E-state index in [1.807, 2.05) is 0 Å². The summed E-state index contributed by atoms with van der Waals surface area (Å²) in [5.41, 5.74) is 0.639. The maximum absolute atomic E-state index is 13.7. The standard InChI is InChI=1S/C18H25FO3/c1-10-13-8-12(9-15(10)20)18(2,3)22-17(13)11-5-6-14(19)16(7-11)21-4/h5-7,10,12-13,15,17,20H,8-9H2,1-4H3/t10-,12-,13-,15-,17-/m0/s1. The van der Waals surface area contributed by atoms with Gasteiger partial charge < -0.3 is 14.6 Å². The molecule has 5 atom stereocenters. The lowest BCUT2D eigenvalue weighted by Crippen LogP contribution is -2.52. The van der Waals surface area contributed by atoms with Crippen molar-refractivity contribution in [2.45, 2.75) is 51.4 Å². The highest BCUT2D eigenvalue weighted by molar-refractivity contribution is 5.32. The number of halogens is 1. The Hall–Kier alpha value is -1.13. The van der Waals surface area contributed by atoms with E-state index in [2.05, 4.69) is 20.8 Å². The highest BCUT2D eigenvalue weighted by atomic mass is 19.1. The second-order valence-electron chi connectivity index (χ2n) is 7.29. The number of hydrogen-bond donors (Lipinski definition) is 1. The molecule has 122 valence electrons. The summed E-state index contributed by atoms with van der Waals surface area (Å²) in [5.74, 6) is 0.661. The van der Waals surface area contributed by atoms with Crippen LogP contribution < -0.4 is 4.74 Å². The van der Waals surface area contributed by atoms with E-state index in [0.717, 1.165) is 18.4 Å². The van der Waals surface area contributed by atoms with Crippen molar-refractivity contribution in [3.8, 4) is 5.75 Å². The molecule has 1 aromatic rings. The molecular weight excluding hydrogens is 283 g/mol. The van der Waals surface area contributed by atoms with Crippen molar-refractivity contribution in [1.82, 2.24) is 0 Å². The number of ether oxygens (including phenoxy) is 2. The van der Waals surface area contributed by atoms with Crippen molar-refractivity contribution < 1.29 is 19.0 Å². The third-order valence-electron chi connectivity index (χ3n) is 5.67. The predicted molar refractivity (Wildman–Crippen MR) is 82.2 cm³/mol. The minimum atomic E-state index is -0.365. The van der Waals surface area contributed by atoms with Crippen LogP contribution in [0.2, 0.25) is 0 Å². The molecule has 0 unspecified atom stereocenters. The van der Waals surface area contributed by atoms with Crippen LogP contribution in [0.25, 0.3) is 0 Å². The van der Waals surface area contributed by atoms with Gasteiger partial charge in [-0.2, -0.15) is 0 Å². The zero-order chi connectivity index (χ0) is 16.1. The molecule has 2 bridgehead atoms. The van der Waals surface area contributed by atoms with Gasteiger partial charge in [-0.05, 0) is 62.1 Å². The fraction of sp³-hybridized carbons (Fsp3) is 0.667. The van der Waals surface area contributed by atoms with Crippen LogP contribution in [0.3, 0.4) is 0 Å². The smallest absolute Gasteiger partial charge is 0.165 e. The average Bonchev–Trinajstić information content (AvgIpc) is 2.47. The fourth-order valence-corrected chi connectivity index (χ4v) is 4.08. The maximum Gasteiger partial charge on any atom is 0.165 e. The molecule has 0 radical (unpaired) electrons. The molecule has 3 rings (SSSR count). The van der Waals surface area contributed by atoms with Crippen LogP contribution in [-0.4, -0.2) is 23.9 Å². The van der Waals surface area contributed by atoms with Gasteiger partial charge in [0.05, 0.1) is 24.9 Å². The van der Waals surface area contributed by atoms with E-state index < -0.39 is 0 Å². The van der Waals surface area contributed by atoms with Crippen molar-refractivity contribution in [3.63, 3.8) is 0 Å². The largest absolute Gasteiger partial charge is 0.494 e. The van der Waals surface area contributed by atoms with Crippen molar-refractivity contribution in [3.05, 3.63) is 29.6 Å². The Labute approximate surface area is 131 Å². The third kappa shape index (κ3) is 2.52. The summed E-state index contributed by atoms with van der Waals surface area (Å²) >= 11 is 0. The van der Waals surface area contributed by atoms with Crippen LogP contribution in [0.1, 0.15) is 45.3 Å². The molecule has 22 heavy (non-hydrogen) atoms. The average molecular weight is 308 g/mol. The lowest BCUT2D eigenvalue weighted by molar-refractivity contribution is -0.215. The first-order valence-electron chi connectivity index (χ1n) is 8.03. The van der Waals surface area contributed by atoms with E-state index in [0.29, 0.717) is 5.92 Å². The summed E-state index contributed by atoms with van der Waals surface area (Å²) < 4.78 is 25.2. The number of methoxy groups -OCH3 is 1. The van der Waals surface area contributed by atoms with E-state index in [-0.39, 0.29) is 41.2 Å². The molecule has 0 amide bonds. The van der Waals surface area contributed by atoms with Crippen molar-refractivity contribution in [2.75, 3.05) is 7.11 Å². The van der Waals surface area contributed by atoms with Gasteiger partial charge in [0, 0.05) is 0 Å². The molecule has 1 saturated carbocycles. The van der Waals surface area contributed by atoms with Gasteiger partial charge in [-0.25, -0.2) is 4.39 Å². The number of aliphatic hydroxyl groups is 1. The van der Waals surface area contributed by atoms with Gasteiger partial charge in [0.2, 0.25) is 0 Å². The van der Waals surface area contributed by atoms with Gasteiger partial charge in [0.25, 0.3) is 0 Å². The van der Waals surface area contributed by atoms with Crippen molar-refractivity contribution >= 4 is 0 Å². The molecular formula is C18H25FO3. The normalized spacial score (nSPS) is 36.9. The molecule has 4 heteroatoms. The van der Waals surface area contributed by atoms with Crippen LogP contribution in [-0.2, 0) is 4.74 Å².